The molecule has 0 N–H and O–H groups in total. The summed E-state index contributed by atoms with van der Waals surface area (Å²) in [5.41, 5.74) is 0. The number of nitrogens with zero attached hydrogens (tertiary/aromatic N) is 2. The summed E-state index contributed by atoms with van der Waals surface area (Å²) >= 11 is 0. The Bertz CT molecular complexity index is 218. The van der Waals surface area contributed by atoms with Gasteiger partial charge in [-0.15, -0.1) is 0 Å². The second-order valence-corrected chi connectivity index (χ2v) is 5.63. The molecular formula is C12H22N2. The van der Waals surface area contributed by atoms with Crippen molar-refractivity contribution in [1.29, 1.82) is 0 Å². The molecule has 14 heavy (non-hydrogen) atoms. The normalized spacial score (nSPS) is 48.0. The standard InChI is InChI=1S/C12H22N2/c1-8(2)14-11-6-4-9-12(14)7-5-10(11)13(9)3/h8-12H,4-7H2,1-3H3. The van der Waals surface area contributed by atoms with Crippen LogP contribution in [0.5, 0.6) is 0 Å². The van der Waals surface area contributed by atoms with E-state index in [9.17, 15) is 0 Å². The van der Waals surface area contributed by atoms with Crippen LogP contribution in [0.2, 0.25) is 0 Å². The molecule has 4 atom stereocenters. The van der Waals surface area contributed by atoms with Gasteiger partial charge in [0.15, 0.2) is 0 Å². The van der Waals surface area contributed by atoms with E-state index in [2.05, 4.69) is 30.7 Å². The maximum Gasteiger partial charge on any atom is 0.0258 e. The molecule has 5 heterocycles. The minimum Gasteiger partial charge on any atom is -0.297 e. The van der Waals surface area contributed by atoms with E-state index in [0.717, 1.165) is 30.2 Å². The Morgan fingerprint density at radius 1 is 0.857 bits per heavy atom. The highest BCUT2D eigenvalue weighted by Gasteiger charge is 2.53. The lowest BCUT2D eigenvalue weighted by Crippen LogP contribution is -2.75. The Balaban J connectivity index is 1.94. The third-order valence-electron chi connectivity index (χ3n) is 4.81. The van der Waals surface area contributed by atoms with E-state index in [0.29, 0.717) is 0 Å². The molecule has 2 heteroatoms. The Hall–Kier alpha value is -0.0800. The van der Waals surface area contributed by atoms with Crippen molar-refractivity contribution in [3.05, 3.63) is 0 Å². The molecule has 0 spiro atoms. The molecule has 5 fully saturated rings. The van der Waals surface area contributed by atoms with E-state index in [1.807, 2.05) is 0 Å². The summed E-state index contributed by atoms with van der Waals surface area (Å²) in [5.74, 6) is 0. The Kier molecular flexibility index (Phi) is 1.94. The lowest BCUT2D eigenvalue weighted by Gasteiger charge is -2.65. The van der Waals surface area contributed by atoms with Crippen LogP contribution in [0.15, 0.2) is 0 Å². The van der Waals surface area contributed by atoms with Gasteiger partial charge in [-0.25, -0.2) is 0 Å². The molecule has 5 rings (SSSR count). The number of hydrogen-bond acceptors (Lipinski definition) is 2. The van der Waals surface area contributed by atoms with Gasteiger partial charge in [-0.1, -0.05) is 0 Å². The number of piperidine rings is 4. The summed E-state index contributed by atoms with van der Waals surface area (Å²) in [7, 11) is 2.35. The fraction of sp³-hybridized carbons (Fsp3) is 1.00. The minimum absolute atomic E-state index is 0.754. The smallest absolute Gasteiger partial charge is 0.0258 e. The summed E-state index contributed by atoms with van der Waals surface area (Å²) in [6.45, 7) is 4.74. The van der Waals surface area contributed by atoms with Gasteiger partial charge in [0.25, 0.3) is 0 Å². The average molecular weight is 194 g/mol. The van der Waals surface area contributed by atoms with Crippen molar-refractivity contribution < 1.29 is 0 Å². The van der Waals surface area contributed by atoms with E-state index in [1.165, 1.54) is 25.7 Å². The average Bonchev–Trinajstić information content (AvgIpc) is 2.16. The van der Waals surface area contributed by atoms with Gasteiger partial charge in [-0.3, -0.25) is 9.80 Å². The molecule has 2 nitrogen and oxygen atoms in total. The first kappa shape index (κ1) is 9.17. The van der Waals surface area contributed by atoms with Crippen LogP contribution in [0.4, 0.5) is 0 Å². The Morgan fingerprint density at radius 3 is 1.71 bits per heavy atom. The van der Waals surface area contributed by atoms with Crippen molar-refractivity contribution in [1.82, 2.24) is 9.80 Å². The first-order valence-corrected chi connectivity index (χ1v) is 6.19. The largest absolute Gasteiger partial charge is 0.297 e. The second kappa shape index (κ2) is 2.96. The zero-order chi connectivity index (χ0) is 9.87. The second-order valence-electron chi connectivity index (χ2n) is 5.63. The number of likely N-dealkylation sites (N-methyl/N-ethyl adjacent to an activating group) is 1. The maximum atomic E-state index is 2.82. The van der Waals surface area contributed by atoms with E-state index < -0.39 is 0 Å². The fourth-order valence-corrected chi connectivity index (χ4v) is 4.36. The molecule has 0 aromatic carbocycles. The summed E-state index contributed by atoms with van der Waals surface area (Å²) < 4.78 is 0. The van der Waals surface area contributed by atoms with Crippen molar-refractivity contribution in [3.8, 4) is 0 Å². The van der Waals surface area contributed by atoms with Gasteiger partial charge in [0.2, 0.25) is 0 Å². The number of piperazine rings is 1. The lowest BCUT2D eigenvalue weighted by molar-refractivity contribution is -0.145. The zero-order valence-corrected chi connectivity index (χ0v) is 9.61. The highest BCUT2D eigenvalue weighted by atomic mass is 15.4. The predicted molar refractivity (Wildman–Crippen MR) is 58.4 cm³/mol. The lowest BCUT2D eigenvalue weighted by atomic mass is 9.71. The monoisotopic (exact) mass is 194 g/mol. The Morgan fingerprint density at radius 2 is 1.29 bits per heavy atom. The van der Waals surface area contributed by atoms with Crippen LogP contribution in [0.1, 0.15) is 39.5 Å². The molecule has 80 valence electrons. The van der Waals surface area contributed by atoms with Crippen LogP contribution in [0, 0.1) is 0 Å². The highest BCUT2D eigenvalue weighted by molar-refractivity contribution is 5.10. The summed E-state index contributed by atoms with van der Waals surface area (Å²) in [4.78, 5) is 5.50. The highest BCUT2D eigenvalue weighted by Crippen LogP contribution is 2.45. The van der Waals surface area contributed by atoms with E-state index in [4.69, 9.17) is 0 Å². The summed E-state index contributed by atoms with van der Waals surface area (Å²) in [5, 5.41) is 0. The van der Waals surface area contributed by atoms with Crippen molar-refractivity contribution in [3.63, 3.8) is 0 Å². The van der Waals surface area contributed by atoms with Gasteiger partial charge in [0.1, 0.15) is 0 Å². The molecule has 0 saturated carbocycles. The fourth-order valence-electron chi connectivity index (χ4n) is 4.36. The minimum atomic E-state index is 0.754. The van der Waals surface area contributed by atoms with Gasteiger partial charge < -0.3 is 0 Å². The zero-order valence-electron chi connectivity index (χ0n) is 9.61. The number of rotatable bonds is 1. The van der Waals surface area contributed by atoms with E-state index >= 15 is 0 Å². The molecular weight excluding hydrogens is 172 g/mol. The number of hydrogen-bond donors (Lipinski definition) is 0. The maximum absolute atomic E-state index is 2.82. The predicted octanol–water partition coefficient (Wildman–Crippen LogP) is 1.70. The molecule has 0 amide bonds. The van der Waals surface area contributed by atoms with Crippen molar-refractivity contribution >= 4 is 0 Å². The van der Waals surface area contributed by atoms with Crippen LogP contribution in [0.25, 0.3) is 0 Å². The molecule has 0 radical (unpaired) electrons. The van der Waals surface area contributed by atoms with E-state index in [1.54, 1.807) is 0 Å². The van der Waals surface area contributed by atoms with Gasteiger partial charge in [0, 0.05) is 30.2 Å². The number of fused-ring (bicyclic) bond motifs is 2. The third-order valence-corrected chi connectivity index (χ3v) is 4.81. The van der Waals surface area contributed by atoms with Gasteiger partial charge >= 0.3 is 0 Å². The van der Waals surface area contributed by atoms with Crippen molar-refractivity contribution in [2.24, 2.45) is 0 Å². The van der Waals surface area contributed by atoms with Crippen LogP contribution < -0.4 is 0 Å². The molecule has 4 bridgehead atoms. The molecule has 5 aliphatic heterocycles. The first-order chi connectivity index (χ1) is 6.70. The summed E-state index contributed by atoms with van der Waals surface area (Å²) in [6.07, 6.45) is 5.81. The van der Waals surface area contributed by atoms with Crippen LogP contribution >= 0.6 is 0 Å². The molecule has 4 unspecified atom stereocenters. The van der Waals surface area contributed by atoms with Crippen molar-refractivity contribution in [2.75, 3.05) is 7.05 Å². The van der Waals surface area contributed by atoms with Crippen molar-refractivity contribution in [2.45, 2.75) is 69.7 Å². The van der Waals surface area contributed by atoms with Gasteiger partial charge in [0.05, 0.1) is 0 Å². The first-order valence-electron chi connectivity index (χ1n) is 6.19. The van der Waals surface area contributed by atoms with Gasteiger partial charge in [-0.2, -0.15) is 0 Å². The SMILES string of the molecule is CC(C)N1C2CCC3C1CCC2N3C. The third kappa shape index (κ3) is 0.989. The van der Waals surface area contributed by atoms with Crippen LogP contribution in [-0.2, 0) is 0 Å². The summed E-state index contributed by atoms with van der Waals surface area (Å²) in [6, 6.07) is 4.26. The van der Waals surface area contributed by atoms with E-state index in [-0.39, 0.29) is 0 Å². The molecule has 0 aromatic rings. The molecule has 5 saturated heterocycles. The Labute approximate surface area is 87.3 Å². The molecule has 5 aliphatic rings. The molecule has 0 aromatic heterocycles. The molecule has 0 aliphatic carbocycles. The topological polar surface area (TPSA) is 6.48 Å². The van der Waals surface area contributed by atoms with Crippen LogP contribution in [0.3, 0.4) is 0 Å². The van der Waals surface area contributed by atoms with Crippen LogP contribution in [-0.4, -0.2) is 47.1 Å². The quantitative estimate of drug-likeness (QED) is 0.627. The van der Waals surface area contributed by atoms with Gasteiger partial charge in [-0.05, 0) is 46.6 Å².